The van der Waals surface area contributed by atoms with Crippen LogP contribution in [-0.4, -0.2) is 16.5 Å². The molecule has 0 aliphatic heterocycles. The lowest BCUT2D eigenvalue weighted by molar-refractivity contribution is 0.112. The van der Waals surface area contributed by atoms with E-state index >= 15 is 0 Å². The standard InChI is InChI=1S/C13H14N2O/c1-8-4-5-9(2)11(6-8)13-12(7-16)10(3)14-15-13/h4-7H,1-3H3,(H,14,15). The fourth-order valence-electron chi connectivity index (χ4n) is 1.78. The Morgan fingerprint density at radius 2 is 2.00 bits per heavy atom. The van der Waals surface area contributed by atoms with Gasteiger partial charge in [-0.05, 0) is 32.4 Å². The predicted octanol–water partition coefficient (Wildman–Crippen LogP) is 2.81. The third-order valence-electron chi connectivity index (χ3n) is 2.76. The largest absolute Gasteiger partial charge is 0.298 e. The maximum absolute atomic E-state index is 11.0. The second-order valence-electron chi connectivity index (χ2n) is 4.05. The van der Waals surface area contributed by atoms with E-state index in [2.05, 4.69) is 22.3 Å². The van der Waals surface area contributed by atoms with Crippen molar-refractivity contribution in [1.29, 1.82) is 0 Å². The molecule has 16 heavy (non-hydrogen) atoms. The van der Waals surface area contributed by atoms with Crippen LogP contribution in [0.25, 0.3) is 11.3 Å². The molecule has 0 aliphatic carbocycles. The minimum absolute atomic E-state index is 0.647. The first kappa shape index (κ1) is 10.6. The highest BCUT2D eigenvalue weighted by atomic mass is 16.1. The third kappa shape index (κ3) is 1.65. The summed E-state index contributed by atoms with van der Waals surface area (Å²) in [5.74, 6) is 0. The van der Waals surface area contributed by atoms with Crippen LogP contribution in [0.2, 0.25) is 0 Å². The van der Waals surface area contributed by atoms with Crippen molar-refractivity contribution in [3.05, 3.63) is 40.6 Å². The number of aromatic nitrogens is 2. The minimum atomic E-state index is 0.647. The van der Waals surface area contributed by atoms with Gasteiger partial charge in [-0.2, -0.15) is 5.10 Å². The maximum atomic E-state index is 11.0. The van der Waals surface area contributed by atoms with Crippen molar-refractivity contribution in [3.63, 3.8) is 0 Å². The van der Waals surface area contributed by atoms with Crippen LogP contribution in [0.3, 0.4) is 0 Å². The van der Waals surface area contributed by atoms with Gasteiger partial charge in [-0.15, -0.1) is 0 Å². The SMILES string of the molecule is Cc1ccc(C)c(-c2n[nH]c(C)c2C=O)c1. The van der Waals surface area contributed by atoms with Crippen LogP contribution >= 0.6 is 0 Å². The normalized spacial score (nSPS) is 10.4. The first-order valence-electron chi connectivity index (χ1n) is 5.21. The zero-order valence-corrected chi connectivity index (χ0v) is 9.66. The van der Waals surface area contributed by atoms with E-state index in [1.54, 1.807) is 0 Å². The number of hydrogen-bond acceptors (Lipinski definition) is 2. The molecule has 0 atom stereocenters. The van der Waals surface area contributed by atoms with Gasteiger partial charge in [0.1, 0.15) is 5.69 Å². The summed E-state index contributed by atoms with van der Waals surface area (Å²) in [7, 11) is 0. The average molecular weight is 214 g/mol. The van der Waals surface area contributed by atoms with Gasteiger partial charge in [0.25, 0.3) is 0 Å². The van der Waals surface area contributed by atoms with Gasteiger partial charge in [0.05, 0.1) is 5.56 Å². The van der Waals surface area contributed by atoms with Crippen molar-refractivity contribution >= 4 is 6.29 Å². The van der Waals surface area contributed by atoms with E-state index in [-0.39, 0.29) is 0 Å². The van der Waals surface area contributed by atoms with Crippen molar-refractivity contribution in [3.8, 4) is 11.3 Å². The maximum Gasteiger partial charge on any atom is 0.154 e. The van der Waals surface area contributed by atoms with Gasteiger partial charge in [0.15, 0.2) is 6.29 Å². The van der Waals surface area contributed by atoms with Gasteiger partial charge >= 0.3 is 0 Å². The highest BCUT2D eigenvalue weighted by Crippen LogP contribution is 2.26. The summed E-state index contributed by atoms with van der Waals surface area (Å²) in [6, 6.07) is 6.15. The summed E-state index contributed by atoms with van der Waals surface area (Å²) in [6.45, 7) is 5.90. The van der Waals surface area contributed by atoms with Crippen molar-refractivity contribution in [2.75, 3.05) is 0 Å². The van der Waals surface area contributed by atoms with E-state index in [4.69, 9.17) is 0 Å². The number of benzene rings is 1. The van der Waals surface area contributed by atoms with Crippen molar-refractivity contribution in [2.45, 2.75) is 20.8 Å². The summed E-state index contributed by atoms with van der Waals surface area (Å²) >= 11 is 0. The number of carbonyl (C=O) groups excluding carboxylic acids is 1. The number of nitrogens with one attached hydrogen (secondary N) is 1. The Kier molecular flexibility index (Phi) is 2.60. The number of aldehydes is 1. The van der Waals surface area contributed by atoms with Crippen LogP contribution in [0.1, 0.15) is 27.2 Å². The monoisotopic (exact) mass is 214 g/mol. The summed E-state index contributed by atoms with van der Waals surface area (Å²) in [4.78, 5) is 11.0. The molecule has 1 aromatic heterocycles. The van der Waals surface area contributed by atoms with Gasteiger partial charge < -0.3 is 0 Å². The average Bonchev–Trinajstić information content (AvgIpc) is 2.63. The number of nitrogens with zero attached hydrogens (tertiary/aromatic N) is 1. The molecule has 3 nitrogen and oxygen atoms in total. The molecule has 0 spiro atoms. The number of aromatic amines is 1. The molecule has 1 N–H and O–H groups in total. The molecule has 3 heteroatoms. The number of rotatable bonds is 2. The second-order valence-corrected chi connectivity index (χ2v) is 4.05. The van der Waals surface area contributed by atoms with Gasteiger partial charge in [-0.3, -0.25) is 9.89 Å². The first-order chi connectivity index (χ1) is 7.63. The van der Waals surface area contributed by atoms with Crippen molar-refractivity contribution in [2.24, 2.45) is 0 Å². The molecule has 82 valence electrons. The molecule has 1 aromatic carbocycles. The summed E-state index contributed by atoms with van der Waals surface area (Å²) < 4.78 is 0. The molecule has 0 unspecified atom stereocenters. The molecule has 0 radical (unpaired) electrons. The Labute approximate surface area is 94.5 Å². The molecule has 1 heterocycles. The third-order valence-corrected chi connectivity index (χ3v) is 2.76. The lowest BCUT2D eigenvalue weighted by atomic mass is 10.00. The fourth-order valence-corrected chi connectivity index (χ4v) is 1.78. The summed E-state index contributed by atoms with van der Waals surface area (Å²) in [6.07, 6.45) is 0.857. The molecule has 0 amide bonds. The molecular weight excluding hydrogens is 200 g/mol. The zero-order chi connectivity index (χ0) is 11.7. The van der Waals surface area contributed by atoms with Gasteiger partial charge in [0, 0.05) is 11.3 Å². The van der Waals surface area contributed by atoms with E-state index in [1.807, 2.05) is 26.8 Å². The fraction of sp³-hybridized carbons (Fsp3) is 0.231. The van der Waals surface area contributed by atoms with E-state index in [9.17, 15) is 4.79 Å². The van der Waals surface area contributed by atoms with Crippen molar-refractivity contribution in [1.82, 2.24) is 10.2 Å². The van der Waals surface area contributed by atoms with Gasteiger partial charge in [-0.25, -0.2) is 0 Å². The number of H-pyrrole nitrogens is 1. The van der Waals surface area contributed by atoms with Crippen LogP contribution < -0.4 is 0 Å². The van der Waals surface area contributed by atoms with Gasteiger partial charge in [-0.1, -0.05) is 17.7 Å². The number of hydrogen-bond donors (Lipinski definition) is 1. The first-order valence-corrected chi connectivity index (χ1v) is 5.21. The lowest BCUT2D eigenvalue weighted by Crippen LogP contribution is -1.90. The van der Waals surface area contributed by atoms with E-state index in [0.717, 1.165) is 34.4 Å². The Morgan fingerprint density at radius 3 is 2.69 bits per heavy atom. The molecular formula is C13H14N2O. The molecule has 0 fully saturated rings. The molecule has 2 aromatic rings. The van der Waals surface area contributed by atoms with E-state index in [1.165, 1.54) is 0 Å². The minimum Gasteiger partial charge on any atom is -0.298 e. The topological polar surface area (TPSA) is 45.8 Å². The molecule has 0 bridgehead atoms. The van der Waals surface area contributed by atoms with E-state index in [0.29, 0.717) is 5.56 Å². The van der Waals surface area contributed by atoms with Crippen LogP contribution in [0.15, 0.2) is 18.2 Å². The van der Waals surface area contributed by atoms with Crippen molar-refractivity contribution < 1.29 is 4.79 Å². The smallest absolute Gasteiger partial charge is 0.154 e. The Morgan fingerprint density at radius 1 is 1.25 bits per heavy atom. The van der Waals surface area contributed by atoms with Crippen LogP contribution in [0.5, 0.6) is 0 Å². The highest BCUT2D eigenvalue weighted by molar-refractivity contribution is 5.87. The zero-order valence-electron chi connectivity index (χ0n) is 9.66. The molecule has 2 rings (SSSR count). The summed E-state index contributed by atoms with van der Waals surface area (Å²) in [5.41, 5.74) is 5.51. The van der Waals surface area contributed by atoms with Crippen LogP contribution in [-0.2, 0) is 0 Å². The predicted molar refractivity (Wildman–Crippen MR) is 63.6 cm³/mol. The quantitative estimate of drug-likeness (QED) is 0.781. The Balaban J connectivity index is 2.66. The summed E-state index contributed by atoms with van der Waals surface area (Å²) in [5, 5.41) is 7.05. The number of aryl methyl sites for hydroxylation is 3. The highest BCUT2D eigenvalue weighted by Gasteiger charge is 2.13. The number of carbonyl (C=O) groups is 1. The van der Waals surface area contributed by atoms with E-state index < -0.39 is 0 Å². The molecule has 0 saturated heterocycles. The molecule has 0 saturated carbocycles. The Hall–Kier alpha value is -1.90. The van der Waals surface area contributed by atoms with Crippen LogP contribution in [0, 0.1) is 20.8 Å². The lowest BCUT2D eigenvalue weighted by Gasteiger charge is -2.04. The second kappa shape index (κ2) is 3.93. The van der Waals surface area contributed by atoms with Crippen LogP contribution in [0.4, 0.5) is 0 Å². The molecule has 0 aliphatic rings. The van der Waals surface area contributed by atoms with Gasteiger partial charge in [0.2, 0.25) is 0 Å². The Bertz CT molecular complexity index is 541.